The zero-order valence-electron chi connectivity index (χ0n) is 12.5. The lowest BCUT2D eigenvalue weighted by Crippen LogP contribution is -2.32. The third kappa shape index (κ3) is 3.22. The molecule has 2 aliphatic rings. The van der Waals surface area contributed by atoms with Crippen LogP contribution in [-0.2, 0) is 4.79 Å². The predicted octanol–water partition coefficient (Wildman–Crippen LogP) is 0.232. The van der Waals surface area contributed by atoms with Gasteiger partial charge in [-0.05, 0) is 30.0 Å². The number of nitrogens with one attached hydrogen (secondary N) is 1. The van der Waals surface area contributed by atoms with E-state index in [2.05, 4.69) is 5.32 Å². The lowest BCUT2D eigenvalue weighted by molar-refractivity contribution is -0.130. The Morgan fingerprint density at radius 1 is 1.27 bits per heavy atom. The summed E-state index contributed by atoms with van der Waals surface area (Å²) in [5.41, 5.74) is 5.63. The molecule has 0 radical (unpaired) electrons. The van der Waals surface area contributed by atoms with Crippen molar-refractivity contribution in [3.8, 4) is 5.75 Å². The predicted molar refractivity (Wildman–Crippen MR) is 81.5 cm³/mol. The van der Waals surface area contributed by atoms with Gasteiger partial charge in [0.15, 0.2) is 0 Å². The summed E-state index contributed by atoms with van der Waals surface area (Å²) < 4.78 is 5.55. The summed E-state index contributed by atoms with van der Waals surface area (Å²) in [5, 5.41) is 3.36. The van der Waals surface area contributed by atoms with Gasteiger partial charge in [-0.15, -0.1) is 0 Å². The number of rotatable bonds is 5. The Morgan fingerprint density at radius 3 is 2.68 bits per heavy atom. The second kappa shape index (κ2) is 6.36. The van der Waals surface area contributed by atoms with Crippen molar-refractivity contribution in [3.63, 3.8) is 0 Å². The molecule has 0 saturated carbocycles. The molecule has 2 amide bonds. The lowest BCUT2D eigenvalue weighted by atomic mass is 10.0. The highest BCUT2D eigenvalue weighted by Gasteiger charge is 2.37. The maximum Gasteiger partial charge on any atom is 0.248 e. The molecule has 2 atom stereocenters. The van der Waals surface area contributed by atoms with E-state index in [4.69, 9.17) is 10.5 Å². The van der Waals surface area contributed by atoms with Crippen LogP contribution in [0.15, 0.2) is 24.3 Å². The van der Waals surface area contributed by atoms with Crippen LogP contribution in [0.1, 0.15) is 16.8 Å². The molecule has 1 aromatic rings. The van der Waals surface area contributed by atoms with Crippen LogP contribution in [0.25, 0.3) is 0 Å². The van der Waals surface area contributed by atoms with Gasteiger partial charge in [0.2, 0.25) is 11.8 Å². The fourth-order valence-electron chi connectivity index (χ4n) is 3.21. The van der Waals surface area contributed by atoms with Crippen molar-refractivity contribution >= 4 is 11.8 Å². The second-order valence-corrected chi connectivity index (χ2v) is 5.97. The Bertz CT molecular complexity index is 564. The standard InChI is InChI=1S/C16H21N3O3/c17-16(21)11-2-1-3-14(6-11)22-5-4-15(20)19-9-12-7-18-8-13(12)10-19/h1-3,6,12-13,18H,4-5,7-10H2,(H2,17,21)/t12-,13+. The van der Waals surface area contributed by atoms with E-state index >= 15 is 0 Å². The Hall–Kier alpha value is -2.08. The minimum atomic E-state index is -0.487. The Labute approximate surface area is 129 Å². The van der Waals surface area contributed by atoms with E-state index < -0.39 is 5.91 Å². The van der Waals surface area contributed by atoms with Crippen LogP contribution in [0.2, 0.25) is 0 Å². The van der Waals surface area contributed by atoms with E-state index in [-0.39, 0.29) is 5.91 Å². The highest BCUT2D eigenvalue weighted by atomic mass is 16.5. The number of nitrogens with zero attached hydrogens (tertiary/aromatic N) is 1. The minimum absolute atomic E-state index is 0.139. The molecule has 0 unspecified atom stereocenters. The zero-order chi connectivity index (χ0) is 15.5. The molecule has 2 saturated heterocycles. The summed E-state index contributed by atoms with van der Waals surface area (Å²) in [6.45, 7) is 4.06. The van der Waals surface area contributed by atoms with Crippen molar-refractivity contribution in [2.75, 3.05) is 32.8 Å². The fourth-order valence-corrected chi connectivity index (χ4v) is 3.21. The van der Waals surface area contributed by atoms with Crippen molar-refractivity contribution in [2.24, 2.45) is 17.6 Å². The Balaban J connectivity index is 1.46. The number of amides is 2. The quantitative estimate of drug-likeness (QED) is 0.815. The van der Waals surface area contributed by atoms with Gasteiger partial charge in [-0.1, -0.05) is 6.07 Å². The number of carbonyl (C=O) groups is 2. The molecule has 0 aliphatic carbocycles. The molecule has 0 aromatic heterocycles. The van der Waals surface area contributed by atoms with Crippen molar-refractivity contribution in [1.82, 2.24) is 10.2 Å². The number of fused-ring (bicyclic) bond motifs is 1. The summed E-state index contributed by atoms with van der Waals surface area (Å²) in [6, 6.07) is 6.70. The maximum absolute atomic E-state index is 12.2. The molecule has 1 aromatic carbocycles. The number of carbonyl (C=O) groups excluding carboxylic acids is 2. The third-order valence-corrected chi connectivity index (χ3v) is 4.45. The van der Waals surface area contributed by atoms with Gasteiger partial charge in [0, 0.05) is 31.7 Å². The monoisotopic (exact) mass is 303 g/mol. The van der Waals surface area contributed by atoms with Gasteiger partial charge < -0.3 is 20.7 Å². The van der Waals surface area contributed by atoms with Gasteiger partial charge in [0.05, 0.1) is 13.0 Å². The van der Waals surface area contributed by atoms with Gasteiger partial charge >= 0.3 is 0 Å². The average molecular weight is 303 g/mol. The van der Waals surface area contributed by atoms with E-state index in [0.717, 1.165) is 26.2 Å². The van der Waals surface area contributed by atoms with Gasteiger partial charge in [-0.25, -0.2) is 0 Å². The topological polar surface area (TPSA) is 84.7 Å². The smallest absolute Gasteiger partial charge is 0.248 e. The number of ether oxygens (including phenoxy) is 1. The van der Waals surface area contributed by atoms with Crippen molar-refractivity contribution in [1.29, 1.82) is 0 Å². The molecule has 2 fully saturated rings. The van der Waals surface area contributed by atoms with Crippen LogP contribution in [-0.4, -0.2) is 49.5 Å². The van der Waals surface area contributed by atoms with Crippen LogP contribution >= 0.6 is 0 Å². The number of nitrogens with two attached hydrogens (primary N) is 1. The number of hydrogen-bond acceptors (Lipinski definition) is 4. The molecule has 118 valence electrons. The minimum Gasteiger partial charge on any atom is -0.493 e. The largest absolute Gasteiger partial charge is 0.493 e. The van der Waals surface area contributed by atoms with Crippen molar-refractivity contribution in [3.05, 3.63) is 29.8 Å². The average Bonchev–Trinajstić information content (AvgIpc) is 3.08. The first kappa shape index (κ1) is 14.8. The van der Waals surface area contributed by atoms with Crippen LogP contribution < -0.4 is 15.8 Å². The molecule has 22 heavy (non-hydrogen) atoms. The first-order chi connectivity index (χ1) is 10.6. The van der Waals surface area contributed by atoms with Crippen LogP contribution in [0.3, 0.4) is 0 Å². The van der Waals surface area contributed by atoms with E-state index in [0.29, 0.717) is 36.2 Å². The van der Waals surface area contributed by atoms with Crippen LogP contribution in [0.4, 0.5) is 0 Å². The summed E-state index contributed by atoms with van der Waals surface area (Å²) in [5.74, 6) is 1.43. The number of likely N-dealkylation sites (tertiary alicyclic amines) is 1. The molecule has 3 N–H and O–H groups in total. The highest BCUT2D eigenvalue weighted by molar-refractivity contribution is 5.93. The van der Waals surface area contributed by atoms with Crippen LogP contribution in [0.5, 0.6) is 5.75 Å². The maximum atomic E-state index is 12.2. The number of benzene rings is 1. The normalized spacial score (nSPS) is 23.4. The molecule has 6 nitrogen and oxygen atoms in total. The van der Waals surface area contributed by atoms with Crippen LogP contribution in [0, 0.1) is 11.8 Å². The van der Waals surface area contributed by atoms with Crippen molar-refractivity contribution in [2.45, 2.75) is 6.42 Å². The lowest BCUT2D eigenvalue weighted by Gasteiger charge is -2.17. The fraction of sp³-hybridized carbons (Fsp3) is 0.500. The van der Waals surface area contributed by atoms with Gasteiger partial charge in [-0.3, -0.25) is 9.59 Å². The van der Waals surface area contributed by atoms with E-state index in [9.17, 15) is 9.59 Å². The molecule has 3 rings (SSSR count). The number of hydrogen-bond donors (Lipinski definition) is 2. The first-order valence-electron chi connectivity index (χ1n) is 7.64. The third-order valence-electron chi connectivity index (χ3n) is 4.45. The molecule has 0 bridgehead atoms. The Kier molecular flexibility index (Phi) is 4.29. The molecule has 2 heterocycles. The van der Waals surface area contributed by atoms with E-state index in [1.54, 1.807) is 24.3 Å². The van der Waals surface area contributed by atoms with E-state index in [1.165, 1.54) is 0 Å². The summed E-state index contributed by atoms with van der Waals surface area (Å²) in [6.07, 6.45) is 0.355. The second-order valence-electron chi connectivity index (χ2n) is 5.97. The van der Waals surface area contributed by atoms with Crippen molar-refractivity contribution < 1.29 is 14.3 Å². The first-order valence-corrected chi connectivity index (χ1v) is 7.64. The van der Waals surface area contributed by atoms with Gasteiger partial charge in [0.1, 0.15) is 5.75 Å². The van der Waals surface area contributed by atoms with Gasteiger partial charge in [-0.2, -0.15) is 0 Å². The zero-order valence-corrected chi connectivity index (χ0v) is 12.5. The number of primary amides is 1. The molecular weight excluding hydrogens is 282 g/mol. The molecule has 2 aliphatic heterocycles. The summed E-state index contributed by atoms with van der Waals surface area (Å²) >= 11 is 0. The molecule has 6 heteroatoms. The van der Waals surface area contributed by atoms with E-state index in [1.807, 2.05) is 4.90 Å². The molecular formula is C16H21N3O3. The summed E-state index contributed by atoms with van der Waals surface area (Å²) in [4.78, 5) is 25.2. The van der Waals surface area contributed by atoms with Gasteiger partial charge in [0.25, 0.3) is 0 Å². The Morgan fingerprint density at radius 2 is 2.00 bits per heavy atom. The highest BCUT2D eigenvalue weighted by Crippen LogP contribution is 2.26. The summed E-state index contributed by atoms with van der Waals surface area (Å²) in [7, 11) is 0. The SMILES string of the molecule is NC(=O)c1cccc(OCCC(=O)N2C[C@H]3CNC[C@H]3C2)c1. The molecule has 0 spiro atoms.